The highest BCUT2D eigenvalue weighted by Gasteiger charge is 2.11. The number of halogens is 2. The summed E-state index contributed by atoms with van der Waals surface area (Å²) < 4.78 is 0. The third-order valence-corrected chi connectivity index (χ3v) is 2.32. The SMILES string of the molecule is CC(C=O)c1c(Cl)cccc1Cl. The lowest BCUT2D eigenvalue weighted by Gasteiger charge is -2.08. The maximum atomic E-state index is 10.5. The van der Waals surface area contributed by atoms with E-state index in [1.54, 1.807) is 25.1 Å². The first kappa shape index (κ1) is 9.56. The van der Waals surface area contributed by atoms with Gasteiger partial charge in [-0.25, -0.2) is 0 Å². The molecule has 1 aromatic rings. The molecule has 1 atom stereocenters. The molecule has 64 valence electrons. The minimum atomic E-state index is -0.244. The van der Waals surface area contributed by atoms with Crippen LogP contribution in [0.4, 0.5) is 0 Å². The Hall–Kier alpha value is -0.530. The van der Waals surface area contributed by atoms with Crippen molar-refractivity contribution in [3.8, 4) is 0 Å². The molecule has 12 heavy (non-hydrogen) atoms. The number of hydrogen-bond acceptors (Lipinski definition) is 1. The number of benzene rings is 1. The Morgan fingerprint density at radius 2 is 1.83 bits per heavy atom. The molecule has 1 unspecified atom stereocenters. The summed E-state index contributed by atoms with van der Waals surface area (Å²) in [7, 11) is 0. The van der Waals surface area contributed by atoms with Crippen molar-refractivity contribution in [1.82, 2.24) is 0 Å². The Balaban J connectivity index is 3.20. The molecule has 1 rings (SSSR count). The normalized spacial score (nSPS) is 12.6. The first-order valence-electron chi connectivity index (χ1n) is 3.56. The number of hydrogen-bond donors (Lipinski definition) is 0. The Bertz CT molecular complexity index is 276. The van der Waals surface area contributed by atoms with E-state index in [1.807, 2.05) is 0 Å². The van der Waals surface area contributed by atoms with Gasteiger partial charge in [-0.2, -0.15) is 0 Å². The van der Waals surface area contributed by atoms with Gasteiger partial charge in [0.05, 0.1) is 0 Å². The highest BCUT2D eigenvalue weighted by Crippen LogP contribution is 2.29. The molecule has 0 aromatic heterocycles. The molecular formula is C9H8Cl2O. The lowest BCUT2D eigenvalue weighted by molar-refractivity contribution is -0.108. The van der Waals surface area contributed by atoms with Crippen molar-refractivity contribution in [2.75, 3.05) is 0 Å². The molecule has 0 amide bonds. The lowest BCUT2D eigenvalue weighted by Crippen LogP contribution is -1.96. The molecule has 0 aliphatic heterocycles. The number of carbonyl (C=O) groups excluding carboxylic acids is 1. The van der Waals surface area contributed by atoms with Crippen molar-refractivity contribution in [2.24, 2.45) is 0 Å². The molecule has 0 spiro atoms. The quantitative estimate of drug-likeness (QED) is 0.674. The smallest absolute Gasteiger partial charge is 0.127 e. The summed E-state index contributed by atoms with van der Waals surface area (Å²) >= 11 is 11.7. The second-order valence-corrected chi connectivity index (χ2v) is 3.37. The minimum Gasteiger partial charge on any atom is -0.303 e. The summed E-state index contributed by atoms with van der Waals surface area (Å²) in [4.78, 5) is 10.5. The van der Waals surface area contributed by atoms with Gasteiger partial charge in [0.15, 0.2) is 0 Å². The van der Waals surface area contributed by atoms with Crippen molar-refractivity contribution in [2.45, 2.75) is 12.8 Å². The van der Waals surface area contributed by atoms with Gasteiger partial charge in [-0.3, -0.25) is 0 Å². The van der Waals surface area contributed by atoms with Gasteiger partial charge in [-0.05, 0) is 17.7 Å². The van der Waals surface area contributed by atoms with E-state index in [-0.39, 0.29) is 5.92 Å². The fourth-order valence-corrected chi connectivity index (χ4v) is 1.76. The molecule has 0 aliphatic rings. The van der Waals surface area contributed by atoms with E-state index >= 15 is 0 Å². The van der Waals surface area contributed by atoms with Gasteiger partial charge in [0.2, 0.25) is 0 Å². The topological polar surface area (TPSA) is 17.1 Å². The lowest BCUT2D eigenvalue weighted by atomic mass is 10.0. The van der Waals surface area contributed by atoms with Crippen LogP contribution in [0.1, 0.15) is 18.4 Å². The zero-order valence-electron chi connectivity index (χ0n) is 6.55. The predicted octanol–water partition coefficient (Wildman–Crippen LogP) is 3.30. The summed E-state index contributed by atoms with van der Waals surface area (Å²) in [6, 6.07) is 5.21. The molecule has 1 aromatic carbocycles. The standard InChI is InChI=1S/C9H8Cl2O/c1-6(5-12)9-7(10)3-2-4-8(9)11/h2-6H,1H3. The average molecular weight is 203 g/mol. The van der Waals surface area contributed by atoms with Crippen LogP contribution in [0, 0.1) is 0 Å². The molecule has 0 fully saturated rings. The molecule has 0 radical (unpaired) electrons. The third kappa shape index (κ3) is 1.79. The summed E-state index contributed by atoms with van der Waals surface area (Å²) in [6.45, 7) is 1.76. The second kappa shape index (κ2) is 3.92. The number of aldehydes is 1. The van der Waals surface area contributed by atoms with Crippen LogP contribution < -0.4 is 0 Å². The predicted molar refractivity (Wildman–Crippen MR) is 50.9 cm³/mol. The van der Waals surface area contributed by atoms with Crippen molar-refractivity contribution < 1.29 is 4.79 Å². The molecule has 0 saturated heterocycles. The molecule has 0 saturated carbocycles. The van der Waals surface area contributed by atoms with Crippen molar-refractivity contribution >= 4 is 29.5 Å². The van der Waals surface area contributed by atoms with E-state index in [0.29, 0.717) is 15.6 Å². The van der Waals surface area contributed by atoms with Crippen LogP contribution in [0.3, 0.4) is 0 Å². The zero-order valence-corrected chi connectivity index (χ0v) is 8.06. The van der Waals surface area contributed by atoms with Crippen LogP contribution in [0.5, 0.6) is 0 Å². The van der Waals surface area contributed by atoms with Crippen LogP contribution in [-0.2, 0) is 4.79 Å². The highest BCUT2D eigenvalue weighted by atomic mass is 35.5. The second-order valence-electron chi connectivity index (χ2n) is 2.56. The van der Waals surface area contributed by atoms with Crippen LogP contribution >= 0.6 is 23.2 Å². The fourth-order valence-electron chi connectivity index (χ4n) is 1.01. The molecular weight excluding hydrogens is 195 g/mol. The molecule has 1 nitrogen and oxygen atoms in total. The van der Waals surface area contributed by atoms with Gasteiger partial charge >= 0.3 is 0 Å². The first-order valence-corrected chi connectivity index (χ1v) is 4.31. The van der Waals surface area contributed by atoms with Gasteiger partial charge in [0.25, 0.3) is 0 Å². The van der Waals surface area contributed by atoms with Crippen LogP contribution in [0.2, 0.25) is 10.0 Å². The largest absolute Gasteiger partial charge is 0.303 e. The fraction of sp³-hybridized carbons (Fsp3) is 0.222. The van der Waals surface area contributed by atoms with E-state index in [2.05, 4.69) is 0 Å². The Labute approximate surface area is 81.3 Å². The van der Waals surface area contributed by atoms with Crippen molar-refractivity contribution in [3.05, 3.63) is 33.8 Å². The Morgan fingerprint density at radius 1 is 1.33 bits per heavy atom. The third-order valence-electron chi connectivity index (χ3n) is 1.66. The van der Waals surface area contributed by atoms with Gasteiger partial charge in [0.1, 0.15) is 6.29 Å². The van der Waals surface area contributed by atoms with Gasteiger partial charge in [-0.1, -0.05) is 36.2 Å². The minimum absolute atomic E-state index is 0.244. The van der Waals surface area contributed by atoms with E-state index < -0.39 is 0 Å². The Kier molecular flexibility index (Phi) is 3.12. The van der Waals surface area contributed by atoms with Gasteiger partial charge in [0, 0.05) is 16.0 Å². The monoisotopic (exact) mass is 202 g/mol. The maximum Gasteiger partial charge on any atom is 0.127 e. The summed E-state index contributed by atoms with van der Waals surface area (Å²) in [5.74, 6) is -0.244. The summed E-state index contributed by atoms with van der Waals surface area (Å²) in [5, 5.41) is 1.09. The number of carbonyl (C=O) groups is 1. The zero-order chi connectivity index (χ0) is 9.14. The van der Waals surface area contributed by atoms with E-state index in [1.165, 1.54) is 0 Å². The molecule has 0 N–H and O–H groups in total. The van der Waals surface area contributed by atoms with Crippen molar-refractivity contribution in [1.29, 1.82) is 0 Å². The summed E-state index contributed by atoms with van der Waals surface area (Å²) in [6.07, 6.45) is 0.826. The summed E-state index contributed by atoms with van der Waals surface area (Å²) in [5.41, 5.74) is 0.704. The van der Waals surface area contributed by atoms with E-state index in [0.717, 1.165) is 6.29 Å². The molecule has 3 heteroatoms. The van der Waals surface area contributed by atoms with Crippen LogP contribution in [0.25, 0.3) is 0 Å². The van der Waals surface area contributed by atoms with Gasteiger partial charge < -0.3 is 4.79 Å². The molecule has 0 heterocycles. The molecule has 0 aliphatic carbocycles. The van der Waals surface area contributed by atoms with E-state index in [4.69, 9.17) is 23.2 Å². The molecule has 0 bridgehead atoms. The van der Waals surface area contributed by atoms with Crippen LogP contribution in [-0.4, -0.2) is 6.29 Å². The van der Waals surface area contributed by atoms with Crippen LogP contribution in [0.15, 0.2) is 18.2 Å². The first-order chi connectivity index (χ1) is 5.66. The highest BCUT2D eigenvalue weighted by molar-refractivity contribution is 6.36. The number of rotatable bonds is 2. The Morgan fingerprint density at radius 3 is 2.25 bits per heavy atom. The van der Waals surface area contributed by atoms with E-state index in [9.17, 15) is 4.79 Å². The van der Waals surface area contributed by atoms with Crippen molar-refractivity contribution in [3.63, 3.8) is 0 Å². The maximum absolute atomic E-state index is 10.5. The average Bonchev–Trinajstić information content (AvgIpc) is 2.03. The van der Waals surface area contributed by atoms with Gasteiger partial charge in [-0.15, -0.1) is 0 Å².